The second kappa shape index (κ2) is 4.74. The van der Waals surface area contributed by atoms with E-state index in [0.29, 0.717) is 0 Å². The van der Waals surface area contributed by atoms with E-state index in [9.17, 15) is 0 Å². The lowest BCUT2D eigenvalue weighted by Crippen LogP contribution is -2.24. The summed E-state index contributed by atoms with van der Waals surface area (Å²) in [6, 6.07) is 0. The molecule has 68 valence electrons. The van der Waals surface area contributed by atoms with Gasteiger partial charge in [-0.05, 0) is 13.3 Å². The zero-order chi connectivity index (χ0) is 8.81. The molecule has 0 fully saturated rings. The van der Waals surface area contributed by atoms with Crippen LogP contribution in [0.25, 0.3) is 0 Å². The highest BCUT2D eigenvalue weighted by Crippen LogP contribution is 2.08. The van der Waals surface area contributed by atoms with E-state index in [1.54, 1.807) is 6.26 Å². The number of rotatable bonds is 5. The third-order valence-electron chi connectivity index (χ3n) is 1.84. The summed E-state index contributed by atoms with van der Waals surface area (Å²) in [6.07, 6.45) is 3.96. The first kappa shape index (κ1) is 9.03. The molecule has 1 aromatic heterocycles. The smallest absolute Gasteiger partial charge is 0.192 e. The Labute approximate surface area is 72.5 Å². The number of hydrogen-bond donors (Lipinski definition) is 0. The summed E-state index contributed by atoms with van der Waals surface area (Å²) < 4.78 is 4.67. The number of nitrogens with zero attached hydrogens (tertiary/aromatic N) is 3. The molecule has 0 aliphatic carbocycles. The first-order chi connectivity index (χ1) is 5.88. The van der Waals surface area contributed by atoms with Crippen molar-refractivity contribution in [2.75, 3.05) is 18.0 Å². The minimum absolute atomic E-state index is 0.839. The van der Waals surface area contributed by atoms with Gasteiger partial charge in [0.25, 0.3) is 0 Å². The van der Waals surface area contributed by atoms with Gasteiger partial charge in [-0.1, -0.05) is 18.4 Å². The van der Waals surface area contributed by atoms with Gasteiger partial charge in [-0.25, -0.2) is 0 Å². The van der Waals surface area contributed by atoms with Crippen LogP contribution in [0.3, 0.4) is 0 Å². The minimum atomic E-state index is 0.839. The van der Waals surface area contributed by atoms with Crippen LogP contribution in [0.1, 0.15) is 26.7 Å². The molecule has 0 atom stereocenters. The van der Waals surface area contributed by atoms with Crippen LogP contribution in [0.5, 0.6) is 0 Å². The van der Waals surface area contributed by atoms with Crippen LogP contribution < -0.4 is 4.90 Å². The number of anilines is 1. The maximum Gasteiger partial charge on any atom is 0.192 e. The van der Waals surface area contributed by atoms with Gasteiger partial charge in [0, 0.05) is 18.4 Å². The van der Waals surface area contributed by atoms with Gasteiger partial charge in [-0.3, -0.25) is 0 Å². The fourth-order valence-electron chi connectivity index (χ4n) is 1.08. The van der Waals surface area contributed by atoms with Crippen LogP contribution in [0, 0.1) is 0 Å². The average molecular weight is 169 g/mol. The van der Waals surface area contributed by atoms with Gasteiger partial charge in [-0.15, -0.1) is 0 Å². The Morgan fingerprint density at radius 3 is 2.83 bits per heavy atom. The number of hydrogen-bond acceptors (Lipinski definition) is 4. The highest BCUT2D eigenvalue weighted by Gasteiger charge is 2.06. The molecule has 4 heteroatoms. The Balaban J connectivity index is 2.45. The fraction of sp³-hybridized carbons (Fsp3) is 0.750. The average Bonchev–Trinajstić information content (AvgIpc) is 2.59. The van der Waals surface area contributed by atoms with Crippen LogP contribution in [0.15, 0.2) is 10.8 Å². The van der Waals surface area contributed by atoms with E-state index in [-0.39, 0.29) is 0 Å². The summed E-state index contributed by atoms with van der Waals surface area (Å²) in [5.74, 6) is 0.839. The minimum Gasteiger partial charge on any atom is -0.353 e. The summed E-state index contributed by atoms with van der Waals surface area (Å²) in [7, 11) is 0. The maximum absolute atomic E-state index is 4.67. The van der Waals surface area contributed by atoms with Gasteiger partial charge in [0.15, 0.2) is 12.1 Å². The van der Waals surface area contributed by atoms with Crippen LogP contribution >= 0.6 is 0 Å². The van der Waals surface area contributed by atoms with E-state index < -0.39 is 0 Å². The van der Waals surface area contributed by atoms with Gasteiger partial charge in [-0.2, -0.15) is 0 Å². The fourth-order valence-corrected chi connectivity index (χ4v) is 1.08. The molecule has 0 spiro atoms. The summed E-state index contributed by atoms with van der Waals surface area (Å²) in [6.45, 7) is 6.26. The quantitative estimate of drug-likeness (QED) is 0.672. The zero-order valence-corrected chi connectivity index (χ0v) is 7.66. The van der Waals surface area contributed by atoms with Crippen molar-refractivity contribution in [3.05, 3.63) is 6.26 Å². The molecule has 0 aliphatic rings. The molecule has 0 saturated heterocycles. The van der Waals surface area contributed by atoms with Crippen molar-refractivity contribution in [1.29, 1.82) is 0 Å². The van der Waals surface area contributed by atoms with Gasteiger partial charge >= 0.3 is 0 Å². The highest BCUT2D eigenvalue weighted by atomic mass is 16.5. The lowest BCUT2D eigenvalue weighted by molar-refractivity contribution is 0.393. The van der Waals surface area contributed by atoms with Gasteiger partial charge in [0.05, 0.1) is 0 Å². The Morgan fingerprint density at radius 2 is 2.33 bits per heavy atom. The van der Waals surface area contributed by atoms with Crippen molar-refractivity contribution in [1.82, 2.24) is 10.4 Å². The second-order valence-corrected chi connectivity index (χ2v) is 2.70. The first-order valence-electron chi connectivity index (χ1n) is 4.40. The summed E-state index contributed by atoms with van der Waals surface area (Å²) in [5.41, 5.74) is 0. The first-order valence-corrected chi connectivity index (χ1v) is 4.40. The van der Waals surface area contributed by atoms with Gasteiger partial charge in [0.2, 0.25) is 0 Å². The van der Waals surface area contributed by atoms with E-state index in [1.165, 1.54) is 12.8 Å². The third kappa shape index (κ3) is 2.22. The Bertz CT molecular complexity index is 198. The largest absolute Gasteiger partial charge is 0.353 e. The Kier molecular flexibility index (Phi) is 3.57. The van der Waals surface area contributed by atoms with Gasteiger partial charge in [0.1, 0.15) is 0 Å². The molecule has 12 heavy (non-hydrogen) atoms. The molecular formula is C8H15N3O. The number of aromatic nitrogens is 2. The molecule has 0 N–H and O–H groups in total. The van der Waals surface area contributed by atoms with Crippen LogP contribution in [0.2, 0.25) is 0 Å². The molecule has 0 aliphatic heterocycles. The summed E-state index contributed by atoms with van der Waals surface area (Å²) in [5, 5.41) is 7.28. The normalized spacial score (nSPS) is 10.2. The van der Waals surface area contributed by atoms with E-state index in [1.807, 2.05) is 0 Å². The molecular weight excluding hydrogens is 154 g/mol. The van der Waals surface area contributed by atoms with Crippen LogP contribution in [0.4, 0.5) is 5.82 Å². The monoisotopic (exact) mass is 169 g/mol. The van der Waals surface area contributed by atoms with Crippen molar-refractivity contribution < 1.29 is 4.52 Å². The molecule has 0 unspecified atom stereocenters. The lowest BCUT2D eigenvalue weighted by Gasteiger charge is -2.17. The highest BCUT2D eigenvalue weighted by molar-refractivity contribution is 5.32. The van der Waals surface area contributed by atoms with Gasteiger partial charge < -0.3 is 9.42 Å². The standard InChI is InChI=1S/C8H15N3O/c1-3-5-6-11(4-2)8-7-12-10-9-8/h7H,3-6H2,1-2H3. The van der Waals surface area contributed by atoms with Crippen molar-refractivity contribution in [3.63, 3.8) is 0 Å². The van der Waals surface area contributed by atoms with Crippen molar-refractivity contribution in [2.24, 2.45) is 0 Å². The molecule has 4 nitrogen and oxygen atoms in total. The third-order valence-corrected chi connectivity index (χ3v) is 1.84. The van der Waals surface area contributed by atoms with E-state index in [2.05, 4.69) is 33.6 Å². The predicted molar refractivity (Wildman–Crippen MR) is 47.1 cm³/mol. The summed E-state index contributed by atoms with van der Waals surface area (Å²) in [4.78, 5) is 2.15. The van der Waals surface area contributed by atoms with Crippen molar-refractivity contribution in [3.8, 4) is 0 Å². The molecule has 0 radical (unpaired) electrons. The van der Waals surface area contributed by atoms with Crippen molar-refractivity contribution >= 4 is 5.82 Å². The maximum atomic E-state index is 4.67. The molecule has 1 rings (SSSR count). The molecule has 1 aromatic rings. The van der Waals surface area contributed by atoms with Crippen LogP contribution in [-0.4, -0.2) is 23.5 Å². The van der Waals surface area contributed by atoms with E-state index >= 15 is 0 Å². The predicted octanol–water partition coefficient (Wildman–Crippen LogP) is 1.70. The van der Waals surface area contributed by atoms with Crippen molar-refractivity contribution in [2.45, 2.75) is 26.7 Å². The molecule has 0 saturated carbocycles. The Morgan fingerprint density at radius 1 is 1.50 bits per heavy atom. The summed E-state index contributed by atoms with van der Waals surface area (Å²) >= 11 is 0. The van der Waals surface area contributed by atoms with Crippen LogP contribution in [-0.2, 0) is 0 Å². The van der Waals surface area contributed by atoms with E-state index in [0.717, 1.165) is 18.9 Å². The number of unbranched alkanes of at least 4 members (excludes halogenated alkanes) is 1. The molecule has 0 aromatic carbocycles. The zero-order valence-electron chi connectivity index (χ0n) is 7.66. The van der Waals surface area contributed by atoms with E-state index in [4.69, 9.17) is 0 Å². The SMILES string of the molecule is CCCCN(CC)c1conn1. The topological polar surface area (TPSA) is 42.2 Å². The molecule has 0 amide bonds. The lowest BCUT2D eigenvalue weighted by atomic mass is 10.3. The molecule has 0 bridgehead atoms. The Hall–Kier alpha value is -1.06. The second-order valence-electron chi connectivity index (χ2n) is 2.70. The molecule has 1 heterocycles.